The van der Waals surface area contributed by atoms with Gasteiger partial charge in [0.1, 0.15) is 0 Å². The van der Waals surface area contributed by atoms with E-state index in [1.54, 1.807) is 0 Å². The van der Waals surface area contributed by atoms with Crippen LogP contribution in [0.4, 0.5) is 0 Å². The molecule has 3 N–H and O–H groups in total. The Morgan fingerprint density at radius 2 is 0.701 bits per heavy atom. The SMILES string of the molecule is CCCCCCCC/C=C\CCCCCCCC(=O)OCCCCCC/C=C\CCCCCCCCCC(=O)NC(CO)C(O)CCCCCCCCCCCCCCCCCCCCCC. The molecule has 0 bridgehead atoms. The number of unbranched alkanes of at least 4 members (excludes halogenated alkanes) is 41. The topological polar surface area (TPSA) is 95.9 Å². The number of carbonyl (C=O) groups is 2. The third-order valence-corrected chi connectivity index (χ3v) is 14.0. The van der Waals surface area contributed by atoms with Crippen LogP contribution in [0.3, 0.4) is 0 Å². The van der Waals surface area contributed by atoms with Gasteiger partial charge in [-0.15, -0.1) is 0 Å². The van der Waals surface area contributed by atoms with Crippen LogP contribution >= 0.6 is 0 Å². The Morgan fingerprint density at radius 3 is 1.06 bits per heavy atom. The van der Waals surface area contributed by atoms with Crippen molar-refractivity contribution in [3.63, 3.8) is 0 Å². The minimum absolute atomic E-state index is 0.0173. The molecule has 0 aliphatic heterocycles. The standard InChI is InChI=1S/C61H117NO5/c1-3-5-7-9-11-13-15-17-19-20-21-22-23-26-29-33-37-41-45-49-53-59(64)58(57-63)62-60(65)54-50-46-42-38-34-30-27-24-28-32-36-40-44-48-52-56-67-61(66)55-51-47-43-39-35-31-25-18-16-14-12-10-8-6-4-2/h18,25,28,32,58-59,63-64H,3-17,19-24,26-27,29-31,33-57H2,1-2H3,(H,62,65)/b25-18-,32-28-. The lowest BCUT2D eigenvalue weighted by Crippen LogP contribution is -2.45. The molecular formula is C61H117NO5. The highest BCUT2D eigenvalue weighted by Gasteiger charge is 2.20. The number of aliphatic hydroxyl groups is 2. The number of carbonyl (C=O) groups excluding carboxylic acids is 2. The monoisotopic (exact) mass is 944 g/mol. The molecule has 67 heavy (non-hydrogen) atoms. The van der Waals surface area contributed by atoms with E-state index < -0.39 is 12.1 Å². The molecule has 0 rings (SSSR count). The van der Waals surface area contributed by atoms with Crippen molar-refractivity contribution in [2.75, 3.05) is 13.2 Å². The van der Waals surface area contributed by atoms with Crippen molar-refractivity contribution in [1.82, 2.24) is 5.32 Å². The number of amides is 1. The fourth-order valence-electron chi connectivity index (χ4n) is 9.34. The van der Waals surface area contributed by atoms with Crippen molar-refractivity contribution < 1.29 is 24.5 Å². The normalized spacial score (nSPS) is 12.7. The van der Waals surface area contributed by atoms with Gasteiger partial charge in [-0.2, -0.15) is 0 Å². The highest BCUT2D eigenvalue weighted by atomic mass is 16.5. The molecule has 6 heteroatoms. The van der Waals surface area contributed by atoms with Gasteiger partial charge in [-0.1, -0.05) is 263 Å². The number of nitrogens with one attached hydrogen (secondary N) is 1. The first-order valence-corrected chi connectivity index (χ1v) is 30.1. The van der Waals surface area contributed by atoms with Crippen molar-refractivity contribution in [2.45, 2.75) is 341 Å². The number of hydrogen-bond donors (Lipinski definition) is 3. The maximum Gasteiger partial charge on any atom is 0.305 e. The molecule has 2 unspecified atom stereocenters. The summed E-state index contributed by atoms with van der Waals surface area (Å²) in [5.74, 6) is -0.0651. The molecule has 0 saturated carbocycles. The molecule has 0 saturated heterocycles. The zero-order valence-electron chi connectivity index (χ0n) is 45.1. The molecule has 0 heterocycles. The van der Waals surface area contributed by atoms with Crippen LogP contribution in [-0.4, -0.2) is 47.4 Å². The average molecular weight is 945 g/mol. The van der Waals surface area contributed by atoms with Crippen LogP contribution in [0.1, 0.15) is 328 Å². The molecule has 0 aromatic carbocycles. The van der Waals surface area contributed by atoms with Gasteiger partial charge in [-0.3, -0.25) is 9.59 Å². The van der Waals surface area contributed by atoms with Crippen molar-refractivity contribution >= 4 is 11.9 Å². The summed E-state index contributed by atoms with van der Waals surface area (Å²) in [6, 6.07) is -0.554. The fourth-order valence-corrected chi connectivity index (χ4v) is 9.34. The summed E-state index contributed by atoms with van der Waals surface area (Å²) in [6.07, 6.45) is 68.8. The summed E-state index contributed by atoms with van der Waals surface area (Å²) >= 11 is 0. The van der Waals surface area contributed by atoms with Gasteiger partial charge in [-0.25, -0.2) is 0 Å². The van der Waals surface area contributed by atoms with E-state index in [0.717, 1.165) is 70.6 Å². The molecule has 0 aliphatic rings. The van der Waals surface area contributed by atoms with Crippen LogP contribution in [0, 0.1) is 0 Å². The van der Waals surface area contributed by atoms with Gasteiger partial charge in [0.25, 0.3) is 0 Å². The summed E-state index contributed by atoms with van der Waals surface area (Å²) in [4.78, 5) is 24.5. The van der Waals surface area contributed by atoms with E-state index in [2.05, 4.69) is 43.5 Å². The third-order valence-electron chi connectivity index (χ3n) is 14.0. The molecule has 396 valence electrons. The highest BCUT2D eigenvalue weighted by molar-refractivity contribution is 5.76. The van der Waals surface area contributed by atoms with E-state index in [9.17, 15) is 19.8 Å². The van der Waals surface area contributed by atoms with Gasteiger partial charge in [-0.05, 0) is 77.0 Å². The molecule has 0 aromatic heterocycles. The Bertz CT molecular complexity index is 1040. The quantitative estimate of drug-likeness (QED) is 0.0321. The Labute approximate surface area is 418 Å². The third kappa shape index (κ3) is 53.5. The van der Waals surface area contributed by atoms with Gasteiger partial charge in [0.15, 0.2) is 0 Å². The van der Waals surface area contributed by atoms with Crippen LogP contribution in [0.5, 0.6) is 0 Å². The lowest BCUT2D eigenvalue weighted by molar-refractivity contribution is -0.143. The van der Waals surface area contributed by atoms with E-state index >= 15 is 0 Å². The number of aliphatic hydroxyl groups excluding tert-OH is 2. The smallest absolute Gasteiger partial charge is 0.305 e. The minimum atomic E-state index is -0.675. The lowest BCUT2D eigenvalue weighted by Gasteiger charge is -2.22. The second-order valence-electron chi connectivity index (χ2n) is 20.7. The molecular weight excluding hydrogens is 827 g/mol. The van der Waals surface area contributed by atoms with Crippen LogP contribution in [0.25, 0.3) is 0 Å². The largest absolute Gasteiger partial charge is 0.466 e. The van der Waals surface area contributed by atoms with E-state index in [-0.39, 0.29) is 18.5 Å². The maximum atomic E-state index is 12.5. The first-order valence-electron chi connectivity index (χ1n) is 30.1. The van der Waals surface area contributed by atoms with Gasteiger partial charge in [0.2, 0.25) is 5.91 Å². The lowest BCUT2D eigenvalue weighted by atomic mass is 10.0. The Kier molecular flexibility index (Phi) is 55.5. The van der Waals surface area contributed by atoms with Crippen molar-refractivity contribution in [3.05, 3.63) is 24.3 Å². The Hall–Kier alpha value is -1.66. The molecule has 6 nitrogen and oxygen atoms in total. The van der Waals surface area contributed by atoms with Gasteiger partial charge < -0.3 is 20.3 Å². The zero-order chi connectivity index (χ0) is 48.6. The summed E-state index contributed by atoms with van der Waals surface area (Å²) in [7, 11) is 0. The first kappa shape index (κ1) is 65.3. The number of ether oxygens (including phenoxy) is 1. The first-order chi connectivity index (χ1) is 33.0. The Morgan fingerprint density at radius 1 is 0.403 bits per heavy atom. The molecule has 0 fully saturated rings. The Balaban J connectivity index is 3.47. The predicted molar refractivity (Wildman–Crippen MR) is 292 cm³/mol. The second kappa shape index (κ2) is 56.9. The second-order valence-corrected chi connectivity index (χ2v) is 20.7. The number of esters is 1. The number of rotatable bonds is 56. The van der Waals surface area contributed by atoms with Crippen LogP contribution < -0.4 is 5.32 Å². The molecule has 0 radical (unpaired) electrons. The van der Waals surface area contributed by atoms with E-state index in [4.69, 9.17) is 4.74 Å². The predicted octanol–water partition coefficient (Wildman–Crippen LogP) is 18.6. The van der Waals surface area contributed by atoms with Crippen LogP contribution in [-0.2, 0) is 14.3 Å². The molecule has 2 atom stereocenters. The zero-order valence-corrected chi connectivity index (χ0v) is 45.1. The number of hydrogen-bond acceptors (Lipinski definition) is 5. The summed E-state index contributed by atoms with van der Waals surface area (Å²) in [6.45, 7) is 4.93. The fraction of sp³-hybridized carbons (Fsp3) is 0.902. The number of allylic oxidation sites excluding steroid dienone is 4. The van der Waals surface area contributed by atoms with Gasteiger partial charge in [0, 0.05) is 12.8 Å². The molecule has 0 aliphatic carbocycles. The van der Waals surface area contributed by atoms with E-state index in [1.807, 2.05) is 0 Å². The molecule has 0 spiro atoms. The summed E-state index contributed by atoms with van der Waals surface area (Å²) in [5.41, 5.74) is 0. The molecule has 1 amide bonds. The minimum Gasteiger partial charge on any atom is -0.466 e. The average Bonchev–Trinajstić information content (AvgIpc) is 3.33. The van der Waals surface area contributed by atoms with Crippen molar-refractivity contribution in [3.8, 4) is 0 Å². The van der Waals surface area contributed by atoms with Crippen molar-refractivity contribution in [1.29, 1.82) is 0 Å². The van der Waals surface area contributed by atoms with E-state index in [1.165, 1.54) is 225 Å². The van der Waals surface area contributed by atoms with Crippen molar-refractivity contribution in [2.24, 2.45) is 0 Å². The maximum absolute atomic E-state index is 12.5. The van der Waals surface area contributed by atoms with E-state index in [0.29, 0.717) is 25.9 Å². The molecule has 0 aromatic rings. The summed E-state index contributed by atoms with van der Waals surface area (Å²) in [5, 5.41) is 23.3. The van der Waals surface area contributed by atoms with Crippen LogP contribution in [0.15, 0.2) is 24.3 Å². The highest BCUT2D eigenvalue weighted by Crippen LogP contribution is 2.17. The van der Waals surface area contributed by atoms with Gasteiger partial charge in [0.05, 0.1) is 25.4 Å². The van der Waals surface area contributed by atoms with Crippen LogP contribution in [0.2, 0.25) is 0 Å². The van der Waals surface area contributed by atoms with Gasteiger partial charge >= 0.3 is 5.97 Å². The summed E-state index contributed by atoms with van der Waals surface area (Å²) < 4.78 is 5.46.